The van der Waals surface area contributed by atoms with Crippen molar-refractivity contribution in [1.29, 1.82) is 0 Å². The molecule has 0 unspecified atom stereocenters. The van der Waals surface area contributed by atoms with Gasteiger partial charge in [0.1, 0.15) is 11.5 Å². The summed E-state index contributed by atoms with van der Waals surface area (Å²) in [6, 6.07) is 7.29. The third-order valence-corrected chi connectivity index (χ3v) is 3.23. The first-order chi connectivity index (χ1) is 11.2. The van der Waals surface area contributed by atoms with Gasteiger partial charge in [-0.1, -0.05) is 11.3 Å². The minimum Gasteiger partial charge on any atom is -0.497 e. The number of allylic oxidation sites excluding steroid dienone is 1. The van der Waals surface area contributed by atoms with Crippen molar-refractivity contribution >= 4 is 5.97 Å². The van der Waals surface area contributed by atoms with E-state index in [1.54, 1.807) is 17.9 Å². The topological polar surface area (TPSA) is 86.5 Å². The lowest BCUT2D eigenvalue weighted by atomic mass is 10.2. The van der Waals surface area contributed by atoms with Crippen molar-refractivity contribution in [3.05, 3.63) is 48.3 Å². The van der Waals surface area contributed by atoms with Gasteiger partial charge < -0.3 is 14.6 Å². The maximum absolute atomic E-state index is 11.2. The van der Waals surface area contributed by atoms with Gasteiger partial charge in [-0.25, -0.2) is 9.48 Å². The molecule has 1 aromatic heterocycles. The first kappa shape index (κ1) is 16.5. The van der Waals surface area contributed by atoms with Gasteiger partial charge in [0.25, 0.3) is 0 Å². The van der Waals surface area contributed by atoms with Crippen LogP contribution in [-0.2, 0) is 13.0 Å². The van der Waals surface area contributed by atoms with Crippen LogP contribution in [0.15, 0.2) is 36.9 Å². The highest BCUT2D eigenvalue weighted by Crippen LogP contribution is 2.17. The Morgan fingerprint density at radius 1 is 1.35 bits per heavy atom. The number of hydrogen-bond acceptors (Lipinski definition) is 5. The molecule has 0 aliphatic rings. The van der Waals surface area contributed by atoms with E-state index in [1.807, 2.05) is 24.3 Å². The molecule has 0 aliphatic heterocycles. The normalized spacial score (nSPS) is 10.3. The van der Waals surface area contributed by atoms with Crippen molar-refractivity contribution in [3.63, 3.8) is 0 Å². The van der Waals surface area contributed by atoms with E-state index in [-0.39, 0.29) is 5.69 Å². The highest BCUT2D eigenvalue weighted by atomic mass is 16.5. The van der Waals surface area contributed by atoms with Crippen LogP contribution in [0.5, 0.6) is 11.5 Å². The fourth-order valence-corrected chi connectivity index (χ4v) is 2.12. The first-order valence-corrected chi connectivity index (χ1v) is 7.19. The molecule has 0 aliphatic carbocycles. The van der Waals surface area contributed by atoms with Crippen LogP contribution in [-0.4, -0.2) is 39.8 Å². The number of ether oxygens (including phenoxy) is 2. The number of rotatable bonds is 9. The van der Waals surface area contributed by atoms with E-state index >= 15 is 0 Å². The average molecular weight is 317 g/mol. The summed E-state index contributed by atoms with van der Waals surface area (Å²) in [7, 11) is 1.61. The predicted octanol–water partition coefficient (Wildman–Crippen LogP) is 2.18. The number of hydrogen-bond donors (Lipinski definition) is 1. The Bertz CT molecular complexity index is 664. The molecule has 23 heavy (non-hydrogen) atoms. The molecule has 122 valence electrons. The Labute approximate surface area is 134 Å². The van der Waals surface area contributed by atoms with Crippen LogP contribution in [0.1, 0.15) is 22.6 Å². The minimum atomic E-state index is -1.08. The summed E-state index contributed by atoms with van der Waals surface area (Å²) in [6.07, 6.45) is 2.81. The lowest BCUT2D eigenvalue weighted by Gasteiger charge is -2.08. The third kappa shape index (κ3) is 4.32. The monoisotopic (exact) mass is 317 g/mol. The van der Waals surface area contributed by atoms with Gasteiger partial charge in [-0.05, 0) is 37.1 Å². The summed E-state index contributed by atoms with van der Waals surface area (Å²) >= 11 is 0. The summed E-state index contributed by atoms with van der Waals surface area (Å²) in [4.78, 5) is 11.2. The first-order valence-electron chi connectivity index (χ1n) is 7.19. The standard InChI is InChI=1S/C16H19N3O4/c1-3-10-19-14(15(16(20)21)17-18-19)5-4-11-23-13-8-6-12(22-2)7-9-13/h3,6-9H,1,4-5,10-11H2,2H3,(H,20,21). The van der Waals surface area contributed by atoms with Gasteiger partial charge in [0.05, 0.1) is 26.0 Å². The van der Waals surface area contributed by atoms with Crippen LogP contribution in [0.3, 0.4) is 0 Å². The van der Waals surface area contributed by atoms with Gasteiger partial charge >= 0.3 is 5.97 Å². The fraction of sp³-hybridized carbons (Fsp3) is 0.312. The molecule has 0 saturated carbocycles. The van der Waals surface area contributed by atoms with E-state index in [2.05, 4.69) is 16.9 Å². The Balaban J connectivity index is 1.91. The van der Waals surface area contributed by atoms with Crippen LogP contribution in [0.25, 0.3) is 0 Å². The second-order valence-electron chi connectivity index (χ2n) is 4.79. The molecule has 2 rings (SSSR count). The van der Waals surface area contributed by atoms with Crippen molar-refractivity contribution in [2.45, 2.75) is 19.4 Å². The number of nitrogens with zero attached hydrogens (tertiary/aromatic N) is 3. The summed E-state index contributed by atoms with van der Waals surface area (Å²) < 4.78 is 12.3. The van der Waals surface area contributed by atoms with Crippen LogP contribution in [0.4, 0.5) is 0 Å². The summed E-state index contributed by atoms with van der Waals surface area (Å²) in [5.41, 5.74) is 0.562. The van der Waals surface area contributed by atoms with Gasteiger partial charge in [-0.2, -0.15) is 0 Å². The largest absolute Gasteiger partial charge is 0.497 e. The van der Waals surface area contributed by atoms with E-state index in [0.717, 1.165) is 11.5 Å². The van der Waals surface area contributed by atoms with Gasteiger partial charge in [0.15, 0.2) is 5.69 Å². The lowest BCUT2D eigenvalue weighted by Crippen LogP contribution is -2.09. The Kier molecular flexibility index (Phi) is 5.74. The highest BCUT2D eigenvalue weighted by molar-refractivity contribution is 5.86. The molecule has 1 aromatic carbocycles. The SMILES string of the molecule is C=CCn1nnc(C(=O)O)c1CCCOc1ccc(OC)cc1. The van der Waals surface area contributed by atoms with E-state index in [0.29, 0.717) is 31.7 Å². The number of aromatic carboxylic acids is 1. The minimum absolute atomic E-state index is 0.0173. The number of carboxylic acid groups (broad SMARTS) is 1. The second-order valence-corrected chi connectivity index (χ2v) is 4.79. The molecule has 7 heteroatoms. The maximum Gasteiger partial charge on any atom is 0.358 e. The van der Waals surface area contributed by atoms with Crippen LogP contribution in [0, 0.1) is 0 Å². The molecule has 7 nitrogen and oxygen atoms in total. The maximum atomic E-state index is 11.2. The zero-order valence-corrected chi connectivity index (χ0v) is 12.9. The number of benzene rings is 1. The van der Waals surface area contributed by atoms with E-state index < -0.39 is 5.97 Å². The van der Waals surface area contributed by atoms with E-state index in [1.165, 1.54) is 0 Å². The molecular weight excluding hydrogens is 298 g/mol. The molecular formula is C16H19N3O4. The molecule has 0 radical (unpaired) electrons. The van der Waals surface area contributed by atoms with Crippen molar-refractivity contribution < 1.29 is 19.4 Å². The number of methoxy groups -OCH3 is 1. The van der Waals surface area contributed by atoms with E-state index in [9.17, 15) is 4.79 Å². The zero-order valence-electron chi connectivity index (χ0n) is 12.9. The molecule has 2 aromatic rings. The molecule has 0 spiro atoms. The molecule has 1 heterocycles. The van der Waals surface area contributed by atoms with E-state index in [4.69, 9.17) is 14.6 Å². The van der Waals surface area contributed by atoms with Crippen LogP contribution in [0.2, 0.25) is 0 Å². The molecule has 0 bridgehead atoms. The van der Waals surface area contributed by atoms with Crippen molar-refractivity contribution in [2.24, 2.45) is 0 Å². The van der Waals surface area contributed by atoms with Crippen molar-refractivity contribution in [3.8, 4) is 11.5 Å². The molecule has 0 saturated heterocycles. The molecule has 0 amide bonds. The van der Waals surface area contributed by atoms with Gasteiger partial charge in [0.2, 0.25) is 0 Å². The quantitative estimate of drug-likeness (QED) is 0.563. The molecule has 0 fully saturated rings. The van der Waals surface area contributed by atoms with Gasteiger partial charge in [-0.15, -0.1) is 11.7 Å². The zero-order chi connectivity index (χ0) is 16.7. The third-order valence-electron chi connectivity index (χ3n) is 3.23. The van der Waals surface area contributed by atoms with Gasteiger partial charge in [-0.3, -0.25) is 0 Å². The number of carbonyl (C=O) groups is 1. The Morgan fingerprint density at radius 3 is 2.65 bits per heavy atom. The summed E-state index contributed by atoms with van der Waals surface area (Å²) in [6.45, 7) is 4.52. The van der Waals surface area contributed by atoms with Gasteiger partial charge in [0, 0.05) is 0 Å². The summed E-state index contributed by atoms with van der Waals surface area (Å²) in [5, 5.41) is 16.7. The Hall–Kier alpha value is -2.83. The highest BCUT2D eigenvalue weighted by Gasteiger charge is 2.17. The van der Waals surface area contributed by atoms with Crippen LogP contribution >= 0.6 is 0 Å². The molecule has 1 N–H and O–H groups in total. The predicted molar refractivity (Wildman–Crippen MR) is 84.0 cm³/mol. The average Bonchev–Trinajstić information content (AvgIpc) is 2.95. The number of carboxylic acids is 1. The smallest absolute Gasteiger partial charge is 0.358 e. The summed E-state index contributed by atoms with van der Waals surface area (Å²) in [5.74, 6) is 0.427. The van der Waals surface area contributed by atoms with Crippen molar-refractivity contribution in [2.75, 3.05) is 13.7 Å². The Morgan fingerprint density at radius 2 is 2.04 bits per heavy atom. The second kappa shape index (κ2) is 7.98. The fourth-order valence-electron chi connectivity index (χ4n) is 2.12. The van der Waals surface area contributed by atoms with Crippen molar-refractivity contribution in [1.82, 2.24) is 15.0 Å². The van der Waals surface area contributed by atoms with Crippen LogP contribution < -0.4 is 9.47 Å². The lowest BCUT2D eigenvalue weighted by molar-refractivity contribution is 0.0689. The molecule has 0 atom stereocenters. The number of aromatic nitrogens is 3.